The summed E-state index contributed by atoms with van der Waals surface area (Å²) in [7, 11) is 1.61. The van der Waals surface area contributed by atoms with Gasteiger partial charge in [0.15, 0.2) is 0 Å². The molecule has 7 nitrogen and oxygen atoms in total. The molecule has 33 heavy (non-hydrogen) atoms. The van der Waals surface area contributed by atoms with Crippen LogP contribution < -0.4 is 11.2 Å². The lowest BCUT2D eigenvalue weighted by Gasteiger charge is -2.30. The molecule has 0 saturated heterocycles. The minimum atomic E-state index is -0.925. The molecule has 0 spiro atoms. The first-order valence-corrected chi connectivity index (χ1v) is 10.9. The number of aromatic nitrogens is 3. The Morgan fingerprint density at radius 1 is 1.06 bits per heavy atom. The molecule has 172 valence electrons. The van der Waals surface area contributed by atoms with Crippen molar-refractivity contribution in [2.75, 3.05) is 7.05 Å². The second-order valence-corrected chi connectivity index (χ2v) is 8.22. The predicted octanol–water partition coefficient (Wildman–Crippen LogP) is 3.13. The van der Waals surface area contributed by atoms with E-state index in [0.717, 1.165) is 47.4 Å². The number of amides is 1. The summed E-state index contributed by atoms with van der Waals surface area (Å²) >= 11 is 0. The number of carbonyl (C=O) groups excluding carboxylic acids is 1. The Morgan fingerprint density at radius 2 is 1.79 bits per heavy atom. The van der Waals surface area contributed by atoms with E-state index in [1.165, 1.54) is 41.3 Å². The molecule has 3 aromatic rings. The molecule has 0 atom stereocenters. The van der Waals surface area contributed by atoms with Crippen molar-refractivity contribution in [1.82, 2.24) is 19.2 Å². The normalized spacial score (nSPS) is 14.3. The van der Waals surface area contributed by atoms with Crippen LogP contribution in [0, 0.1) is 11.6 Å². The van der Waals surface area contributed by atoms with Crippen LogP contribution in [0.1, 0.15) is 48.2 Å². The van der Waals surface area contributed by atoms with Gasteiger partial charge in [0, 0.05) is 13.1 Å². The number of hydrogen-bond donors (Lipinski definition) is 0. The van der Waals surface area contributed by atoms with E-state index in [9.17, 15) is 23.2 Å². The van der Waals surface area contributed by atoms with Gasteiger partial charge >= 0.3 is 5.69 Å². The first-order valence-electron chi connectivity index (χ1n) is 10.9. The van der Waals surface area contributed by atoms with Crippen LogP contribution in [0.15, 0.2) is 58.1 Å². The van der Waals surface area contributed by atoms with Crippen LogP contribution in [-0.2, 0) is 6.54 Å². The highest BCUT2D eigenvalue weighted by molar-refractivity contribution is 5.91. The van der Waals surface area contributed by atoms with Gasteiger partial charge in [-0.2, -0.15) is 9.78 Å². The predicted molar refractivity (Wildman–Crippen MR) is 119 cm³/mol. The Kier molecular flexibility index (Phi) is 6.48. The molecule has 0 bridgehead atoms. The van der Waals surface area contributed by atoms with Gasteiger partial charge in [0.2, 0.25) is 5.69 Å². The maximum atomic E-state index is 14.5. The maximum Gasteiger partial charge on any atom is 0.352 e. The van der Waals surface area contributed by atoms with Crippen molar-refractivity contribution >= 4 is 5.91 Å². The van der Waals surface area contributed by atoms with Crippen molar-refractivity contribution in [2.45, 2.75) is 44.7 Å². The van der Waals surface area contributed by atoms with Crippen molar-refractivity contribution in [2.24, 2.45) is 0 Å². The number of rotatable bonds is 5. The van der Waals surface area contributed by atoms with E-state index in [1.807, 2.05) is 0 Å². The monoisotopic (exact) mass is 454 g/mol. The number of carbonyl (C=O) groups is 1. The zero-order valence-corrected chi connectivity index (χ0v) is 18.2. The fourth-order valence-corrected chi connectivity index (χ4v) is 4.19. The van der Waals surface area contributed by atoms with Gasteiger partial charge in [-0.3, -0.25) is 14.2 Å². The SMILES string of the molecule is CN(C(=O)c1nn(-c2ccccc2F)c(=O)n(Cc2cccc(F)c2)c1=O)C1CCCCC1. The maximum absolute atomic E-state index is 14.5. The smallest absolute Gasteiger partial charge is 0.337 e. The summed E-state index contributed by atoms with van der Waals surface area (Å²) < 4.78 is 29.7. The molecule has 0 unspecified atom stereocenters. The van der Waals surface area contributed by atoms with Gasteiger partial charge in [0.1, 0.15) is 17.3 Å². The molecular formula is C24H24F2N4O3. The van der Waals surface area contributed by atoms with Gasteiger partial charge in [-0.25, -0.2) is 13.6 Å². The second kappa shape index (κ2) is 9.48. The highest BCUT2D eigenvalue weighted by Crippen LogP contribution is 2.22. The number of halogens is 2. The summed E-state index contributed by atoms with van der Waals surface area (Å²) in [6.45, 7) is -0.292. The van der Waals surface area contributed by atoms with E-state index in [0.29, 0.717) is 5.56 Å². The zero-order chi connectivity index (χ0) is 23.5. The van der Waals surface area contributed by atoms with Crippen molar-refractivity contribution in [3.05, 3.63) is 92.3 Å². The highest BCUT2D eigenvalue weighted by Gasteiger charge is 2.28. The quantitative estimate of drug-likeness (QED) is 0.594. The van der Waals surface area contributed by atoms with E-state index >= 15 is 0 Å². The van der Waals surface area contributed by atoms with Gasteiger partial charge in [-0.05, 0) is 42.7 Å². The molecule has 1 amide bonds. The topological polar surface area (TPSA) is 77.2 Å². The van der Waals surface area contributed by atoms with Crippen LogP contribution in [0.5, 0.6) is 0 Å². The lowest BCUT2D eigenvalue weighted by atomic mass is 9.94. The zero-order valence-electron chi connectivity index (χ0n) is 18.2. The number of nitrogens with zero attached hydrogens (tertiary/aromatic N) is 4. The molecule has 0 radical (unpaired) electrons. The number of para-hydroxylation sites is 1. The molecule has 0 aliphatic heterocycles. The van der Waals surface area contributed by atoms with Crippen LogP contribution in [0.25, 0.3) is 5.69 Å². The fraction of sp³-hybridized carbons (Fsp3) is 0.333. The molecule has 1 heterocycles. The summed E-state index contributed by atoms with van der Waals surface area (Å²) in [6, 6.07) is 10.9. The lowest BCUT2D eigenvalue weighted by Crippen LogP contribution is -2.48. The summed E-state index contributed by atoms with van der Waals surface area (Å²) in [6.07, 6.45) is 4.68. The molecule has 1 fully saturated rings. The molecule has 1 aromatic heterocycles. The van der Waals surface area contributed by atoms with Crippen molar-refractivity contribution in [1.29, 1.82) is 0 Å². The fourth-order valence-electron chi connectivity index (χ4n) is 4.19. The van der Waals surface area contributed by atoms with E-state index in [2.05, 4.69) is 5.10 Å². The second-order valence-electron chi connectivity index (χ2n) is 8.22. The first kappa shape index (κ1) is 22.6. The molecule has 1 aliphatic rings. The van der Waals surface area contributed by atoms with Crippen molar-refractivity contribution < 1.29 is 13.6 Å². The van der Waals surface area contributed by atoms with Crippen LogP contribution in [0.2, 0.25) is 0 Å². The van der Waals surface area contributed by atoms with Crippen LogP contribution in [0.3, 0.4) is 0 Å². The molecular weight excluding hydrogens is 430 g/mol. The van der Waals surface area contributed by atoms with Crippen molar-refractivity contribution in [3.8, 4) is 5.69 Å². The molecule has 1 saturated carbocycles. The Hall–Kier alpha value is -3.62. The molecule has 2 aromatic carbocycles. The van der Waals surface area contributed by atoms with Crippen molar-refractivity contribution in [3.63, 3.8) is 0 Å². The summed E-state index contributed by atoms with van der Waals surface area (Å²) in [5.74, 6) is -1.90. The van der Waals surface area contributed by atoms with Crippen LogP contribution in [0.4, 0.5) is 8.78 Å². The average Bonchev–Trinajstić information content (AvgIpc) is 2.82. The molecule has 4 rings (SSSR count). The largest absolute Gasteiger partial charge is 0.352 e. The summed E-state index contributed by atoms with van der Waals surface area (Å²) in [5.41, 5.74) is -2.15. The van der Waals surface area contributed by atoms with Gasteiger partial charge in [-0.1, -0.05) is 43.5 Å². The third-order valence-corrected chi connectivity index (χ3v) is 6.02. The highest BCUT2D eigenvalue weighted by atomic mass is 19.1. The van der Waals surface area contributed by atoms with Crippen LogP contribution >= 0.6 is 0 Å². The minimum absolute atomic E-state index is 0.0436. The number of benzene rings is 2. The summed E-state index contributed by atoms with van der Waals surface area (Å²) in [4.78, 5) is 41.1. The van der Waals surface area contributed by atoms with Gasteiger partial charge in [0.25, 0.3) is 11.5 Å². The average molecular weight is 454 g/mol. The molecule has 0 N–H and O–H groups in total. The first-order chi connectivity index (χ1) is 15.9. The van der Waals surface area contributed by atoms with E-state index in [-0.39, 0.29) is 18.3 Å². The lowest BCUT2D eigenvalue weighted by molar-refractivity contribution is 0.0684. The molecule has 9 heteroatoms. The van der Waals surface area contributed by atoms with E-state index in [1.54, 1.807) is 13.1 Å². The minimum Gasteiger partial charge on any atom is -0.337 e. The Balaban J connectivity index is 1.86. The van der Waals surface area contributed by atoms with E-state index < -0.39 is 34.5 Å². The Labute approximate surface area is 188 Å². The summed E-state index contributed by atoms with van der Waals surface area (Å²) in [5, 5.41) is 4.00. The standard InChI is InChI=1S/C24H24F2N4O3/c1-28(18-10-3-2-4-11-18)22(31)21-23(32)29(15-16-8-7-9-17(25)14-16)24(33)30(27-21)20-13-6-5-12-19(20)26/h5-9,12-14,18H,2-4,10-11,15H2,1H3. The third kappa shape index (κ3) is 4.62. The number of hydrogen-bond acceptors (Lipinski definition) is 4. The van der Waals surface area contributed by atoms with Gasteiger partial charge in [-0.15, -0.1) is 0 Å². The van der Waals surface area contributed by atoms with Gasteiger partial charge < -0.3 is 4.90 Å². The van der Waals surface area contributed by atoms with Gasteiger partial charge in [0.05, 0.1) is 6.54 Å². The van der Waals surface area contributed by atoms with E-state index in [4.69, 9.17) is 0 Å². The molecule has 1 aliphatic carbocycles. The Morgan fingerprint density at radius 3 is 2.48 bits per heavy atom. The van der Waals surface area contributed by atoms with Crippen LogP contribution in [-0.4, -0.2) is 38.2 Å². The Bertz CT molecular complexity index is 1300. The third-order valence-electron chi connectivity index (χ3n) is 6.02.